The van der Waals surface area contributed by atoms with Crippen LogP contribution in [-0.2, 0) is 0 Å². The van der Waals surface area contributed by atoms with Crippen molar-refractivity contribution < 1.29 is 22.7 Å². The fourth-order valence-electron chi connectivity index (χ4n) is 3.68. The van der Waals surface area contributed by atoms with Crippen molar-refractivity contribution in [1.82, 2.24) is 5.01 Å². The third-order valence-electron chi connectivity index (χ3n) is 5.42. The summed E-state index contributed by atoms with van der Waals surface area (Å²) in [5, 5.41) is 14.2. The minimum Gasteiger partial charge on any atom is -0.508 e. The number of nitrogens with zero attached hydrogens (tertiary/aromatic N) is 5. The second-order valence-electron chi connectivity index (χ2n) is 7.58. The monoisotopic (exact) mass is 437 g/mol. The maximum Gasteiger partial charge on any atom is 0.326 e. The molecule has 6 nitrogen and oxygen atoms in total. The molecule has 0 atom stereocenters. The van der Waals surface area contributed by atoms with Crippen molar-refractivity contribution in [1.29, 1.82) is 0 Å². The summed E-state index contributed by atoms with van der Waals surface area (Å²) in [5.74, 6) is -3.85. The SMILES string of the molecule is Oc1ccc(N2CCN(c3ccc(N4C=NN(CC(F)(F)C(F)F)C4)cc3)CC2)cc1. The predicted octanol–water partition coefficient (Wildman–Crippen LogP) is 3.64. The number of hydrogen-bond acceptors (Lipinski definition) is 6. The van der Waals surface area contributed by atoms with E-state index in [-0.39, 0.29) is 12.4 Å². The highest BCUT2D eigenvalue weighted by Crippen LogP contribution is 2.28. The summed E-state index contributed by atoms with van der Waals surface area (Å²) in [7, 11) is 0. The largest absolute Gasteiger partial charge is 0.508 e. The van der Waals surface area contributed by atoms with Gasteiger partial charge < -0.3 is 19.8 Å². The highest BCUT2D eigenvalue weighted by molar-refractivity contribution is 5.80. The minimum atomic E-state index is -4.10. The summed E-state index contributed by atoms with van der Waals surface area (Å²) < 4.78 is 51.2. The van der Waals surface area contributed by atoms with Crippen LogP contribution in [0.5, 0.6) is 5.75 Å². The Morgan fingerprint density at radius 1 is 0.839 bits per heavy atom. The number of rotatable bonds is 6. The smallest absolute Gasteiger partial charge is 0.326 e. The van der Waals surface area contributed by atoms with Gasteiger partial charge >= 0.3 is 12.3 Å². The Balaban J connectivity index is 1.31. The maximum atomic E-state index is 13.2. The molecule has 0 aromatic heterocycles. The molecule has 4 rings (SSSR count). The third-order valence-corrected chi connectivity index (χ3v) is 5.42. The van der Waals surface area contributed by atoms with E-state index in [4.69, 9.17) is 0 Å². The van der Waals surface area contributed by atoms with E-state index in [1.165, 1.54) is 6.34 Å². The first-order valence-corrected chi connectivity index (χ1v) is 9.92. The zero-order chi connectivity index (χ0) is 22.0. The van der Waals surface area contributed by atoms with Gasteiger partial charge in [-0.25, -0.2) is 8.78 Å². The summed E-state index contributed by atoms with van der Waals surface area (Å²) in [5.41, 5.74) is 2.87. The molecule has 1 fully saturated rings. The van der Waals surface area contributed by atoms with E-state index in [0.717, 1.165) is 48.3 Å². The maximum absolute atomic E-state index is 13.2. The molecule has 0 bridgehead atoms. The van der Waals surface area contributed by atoms with Crippen molar-refractivity contribution in [3.63, 3.8) is 0 Å². The van der Waals surface area contributed by atoms with Gasteiger partial charge in [0.25, 0.3) is 0 Å². The zero-order valence-corrected chi connectivity index (χ0v) is 16.7. The summed E-state index contributed by atoms with van der Waals surface area (Å²) in [6, 6.07) is 14.8. The van der Waals surface area contributed by atoms with Gasteiger partial charge in [-0.15, -0.1) is 0 Å². The summed E-state index contributed by atoms with van der Waals surface area (Å²) in [4.78, 5) is 6.15. The van der Waals surface area contributed by atoms with Crippen LogP contribution in [0.3, 0.4) is 0 Å². The number of aromatic hydroxyl groups is 1. The van der Waals surface area contributed by atoms with E-state index < -0.39 is 18.9 Å². The van der Waals surface area contributed by atoms with Gasteiger partial charge in [0.15, 0.2) is 0 Å². The van der Waals surface area contributed by atoms with Crippen LogP contribution in [0, 0.1) is 0 Å². The molecule has 31 heavy (non-hydrogen) atoms. The Labute approximate surface area is 177 Å². The predicted molar refractivity (Wildman–Crippen MR) is 112 cm³/mol. The quantitative estimate of drug-likeness (QED) is 0.700. The van der Waals surface area contributed by atoms with Crippen LogP contribution in [0.15, 0.2) is 53.6 Å². The van der Waals surface area contributed by atoms with Crippen molar-refractivity contribution in [2.24, 2.45) is 5.10 Å². The van der Waals surface area contributed by atoms with Gasteiger partial charge in [0.05, 0.1) is 0 Å². The van der Waals surface area contributed by atoms with Gasteiger partial charge in [0.1, 0.15) is 25.3 Å². The fraction of sp³-hybridized carbons (Fsp3) is 0.381. The lowest BCUT2D eigenvalue weighted by Crippen LogP contribution is -2.46. The first-order chi connectivity index (χ1) is 14.8. The number of halogens is 4. The summed E-state index contributed by atoms with van der Waals surface area (Å²) in [6.45, 7) is 2.23. The van der Waals surface area contributed by atoms with Gasteiger partial charge in [-0.05, 0) is 48.5 Å². The van der Waals surface area contributed by atoms with E-state index in [1.807, 2.05) is 36.4 Å². The van der Waals surface area contributed by atoms with Crippen LogP contribution in [0.4, 0.5) is 34.6 Å². The number of piperazine rings is 1. The topological polar surface area (TPSA) is 45.6 Å². The first-order valence-electron chi connectivity index (χ1n) is 9.92. The van der Waals surface area contributed by atoms with Gasteiger partial charge in [-0.2, -0.15) is 13.9 Å². The molecule has 0 amide bonds. The first kappa shape index (κ1) is 21.1. The lowest BCUT2D eigenvalue weighted by atomic mass is 10.2. The molecule has 0 radical (unpaired) electrons. The lowest BCUT2D eigenvalue weighted by molar-refractivity contribution is -0.141. The third kappa shape index (κ3) is 4.78. The van der Waals surface area contributed by atoms with Crippen molar-refractivity contribution in [3.8, 4) is 5.75 Å². The molecule has 0 unspecified atom stereocenters. The number of phenolic OH excluding ortho intramolecular Hbond substituents is 1. The van der Waals surface area contributed by atoms with E-state index in [2.05, 4.69) is 14.9 Å². The second kappa shape index (κ2) is 8.52. The molecule has 2 heterocycles. The number of hydrogen-bond donors (Lipinski definition) is 1. The van der Waals surface area contributed by atoms with Crippen LogP contribution < -0.4 is 14.7 Å². The van der Waals surface area contributed by atoms with E-state index in [9.17, 15) is 22.7 Å². The second-order valence-corrected chi connectivity index (χ2v) is 7.58. The molecule has 2 aliphatic rings. The Bertz CT molecular complexity index is 899. The Morgan fingerprint density at radius 2 is 1.32 bits per heavy atom. The molecule has 2 aromatic carbocycles. The van der Waals surface area contributed by atoms with E-state index in [1.54, 1.807) is 17.0 Å². The van der Waals surface area contributed by atoms with Gasteiger partial charge in [-0.3, -0.25) is 5.01 Å². The van der Waals surface area contributed by atoms with Crippen LogP contribution in [-0.4, -0.2) is 68.2 Å². The molecule has 2 aliphatic heterocycles. The average molecular weight is 437 g/mol. The molecule has 0 saturated carbocycles. The minimum absolute atomic E-state index is 0.00698. The number of anilines is 3. The molecule has 1 N–H and O–H groups in total. The normalized spacial score (nSPS) is 17.2. The van der Waals surface area contributed by atoms with Crippen LogP contribution in [0.1, 0.15) is 0 Å². The Hall–Kier alpha value is -3.17. The molecule has 1 saturated heterocycles. The molecule has 10 heteroatoms. The van der Waals surface area contributed by atoms with Crippen LogP contribution in [0.2, 0.25) is 0 Å². The van der Waals surface area contributed by atoms with Gasteiger partial charge in [-0.1, -0.05) is 0 Å². The standard InChI is InChI=1S/C21H23F4N5O/c22-20(23)21(24,25)13-30-15-29(14-26-30)18-3-1-16(2-4-18)27-9-11-28(12-10-27)17-5-7-19(31)8-6-17/h1-8,14,20,31H,9-13,15H2. The zero-order valence-electron chi connectivity index (χ0n) is 16.7. The molecule has 2 aromatic rings. The summed E-state index contributed by atoms with van der Waals surface area (Å²) >= 11 is 0. The van der Waals surface area contributed by atoms with Gasteiger partial charge in [0.2, 0.25) is 0 Å². The Kier molecular flexibility index (Phi) is 5.79. The molecule has 0 aliphatic carbocycles. The number of alkyl halides is 4. The number of benzene rings is 2. The highest BCUT2D eigenvalue weighted by atomic mass is 19.3. The van der Waals surface area contributed by atoms with Crippen molar-refractivity contribution in [3.05, 3.63) is 48.5 Å². The summed E-state index contributed by atoms with van der Waals surface area (Å²) in [6.07, 6.45) is -2.35. The van der Waals surface area contributed by atoms with Crippen molar-refractivity contribution in [2.75, 3.05) is 54.1 Å². The molecule has 166 valence electrons. The van der Waals surface area contributed by atoms with Crippen LogP contribution >= 0.6 is 0 Å². The van der Waals surface area contributed by atoms with Crippen molar-refractivity contribution >= 4 is 23.4 Å². The Morgan fingerprint density at radius 3 is 1.84 bits per heavy atom. The lowest BCUT2D eigenvalue weighted by Gasteiger charge is -2.37. The van der Waals surface area contributed by atoms with E-state index >= 15 is 0 Å². The number of hydrazone groups is 1. The fourth-order valence-corrected chi connectivity index (χ4v) is 3.68. The molecular formula is C21H23F4N5O. The van der Waals surface area contributed by atoms with E-state index in [0.29, 0.717) is 0 Å². The number of phenols is 1. The van der Waals surface area contributed by atoms with Crippen LogP contribution in [0.25, 0.3) is 0 Å². The van der Waals surface area contributed by atoms with Gasteiger partial charge in [0, 0.05) is 43.2 Å². The molecule has 0 spiro atoms. The molecular weight excluding hydrogens is 414 g/mol. The van der Waals surface area contributed by atoms with Crippen molar-refractivity contribution in [2.45, 2.75) is 12.3 Å². The highest BCUT2D eigenvalue weighted by Gasteiger charge is 2.43. The average Bonchev–Trinajstić information content (AvgIpc) is 3.22.